The highest BCUT2D eigenvalue weighted by Gasteiger charge is 2.37. The van der Waals surface area contributed by atoms with Gasteiger partial charge in [0.15, 0.2) is 11.3 Å². The molecular weight excluding hydrogens is 369 g/mol. The summed E-state index contributed by atoms with van der Waals surface area (Å²) in [6.07, 6.45) is -4.80. The molecule has 2 aromatic rings. The number of hydrogen-bond acceptors (Lipinski definition) is 5. The summed E-state index contributed by atoms with van der Waals surface area (Å²) in [5.74, 6) is -1.17. The molecule has 22 heavy (non-hydrogen) atoms. The summed E-state index contributed by atoms with van der Waals surface area (Å²) in [6.45, 7) is -0.398. The normalized spacial score (nSPS) is 11.9. The first-order valence-electron chi connectivity index (χ1n) is 5.93. The van der Waals surface area contributed by atoms with Crippen molar-refractivity contribution >= 4 is 38.7 Å². The number of nitrogens with zero attached hydrogens (tertiary/aromatic N) is 2. The Morgan fingerprint density at radius 1 is 1.36 bits per heavy atom. The van der Waals surface area contributed by atoms with Crippen molar-refractivity contribution in [3.63, 3.8) is 0 Å². The van der Waals surface area contributed by atoms with Crippen LogP contribution >= 0.6 is 15.9 Å². The molecule has 0 unspecified atom stereocenters. The van der Waals surface area contributed by atoms with Crippen LogP contribution in [-0.2, 0) is 12.6 Å². The molecule has 6 nitrogen and oxygen atoms in total. The summed E-state index contributed by atoms with van der Waals surface area (Å²) in [5.41, 5.74) is 9.20. The van der Waals surface area contributed by atoms with Crippen molar-refractivity contribution in [2.24, 2.45) is 5.73 Å². The van der Waals surface area contributed by atoms with Crippen LogP contribution in [0.3, 0.4) is 0 Å². The van der Waals surface area contributed by atoms with E-state index >= 15 is 0 Å². The lowest BCUT2D eigenvalue weighted by molar-refractivity contribution is -0.141. The zero-order valence-corrected chi connectivity index (χ0v) is 12.5. The average Bonchev–Trinajstić information content (AvgIpc) is 2.39. The van der Waals surface area contributed by atoms with Crippen LogP contribution in [0.1, 0.15) is 21.6 Å². The molecule has 0 aliphatic rings. The Hall–Kier alpha value is -1.94. The SMILES string of the molecule is NC(=O)c1cc2c(CCO)c(Br)c(C(F)(F)F)nc2nc1N. The highest BCUT2D eigenvalue weighted by molar-refractivity contribution is 9.10. The van der Waals surface area contributed by atoms with Crippen LogP contribution < -0.4 is 11.5 Å². The zero-order chi connectivity index (χ0) is 16.7. The van der Waals surface area contributed by atoms with Crippen LogP contribution in [0.4, 0.5) is 19.0 Å². The number of rotatable bonds is 3. The van der Waals surface area contributed by atoms with E-state index in [1.165, 1.54) is 6.07 Å². The molecule has 0 fully saturated rings. The molecule has 2 aromatic heterocycles. The van der Waals surface area contributed by atoms with E-state index in [0.717, 1.165) is 0 Å². The fourth-order valence-electron chi connectivity index (χ4n) is 1.98. The number of pyridine rings is 2. The van der Waals surface area contributed by atoms with Gasteiger partial charge in [-0.2, -0.15) is 13.2 Å². The van der Waals surface area contributed by atoms with E-state index in [0.29, 0.717) is 0 Å². The molecule has 0 saturated heterocycles. The molecular formula is C12H10BrF3N4O2. The van der Waals surface area contributed by atoms with Crippen molar-refractivity contribution in [1.82, 2.24) is 9.97 Å². The Bertz CT molecular complexity index is 764. The van der Waals surface area contributed by atoms with Crippen LogP contribution in [0.15, 0.2) is 10.5 Å². The molecule has 0 aliphatic heterocycles. The molecule has 0 radical (unpaired) electrons. The van der Waals surface area contributed by atoms with Crippen molar-refractivity contribution in [1.29, 1.82) is 0 Å². The minimum absolute atomic E-state index is 0.0908. The molecule has 2 rings (SSSR count). The van der Waals surface area contributed by atoms with Gasteiger partial charge in [0.25, 0.3) is 5.91 Å². The Labute approximate surface area is 130 Å². The number of carbonyl (C=O) groups is 1. The van der Waals surface area contributed by atoms with Crippen molar-refractivity contribution in [3.8, 4) is 0 Å². The molecule has 118 valence electrons. The van der Waals surface area contributed by atoms with E-state index in [1.807, 2.05) is 0 Å². The van der Waals surface area contributed by atoms with Gasteiger partial charge in [-0.3, -0.25) is 4.79 Å². The van der Waals surface area contributed by atoms with Gasteiger partial charge in [-0.25, -0.2) is 9.97 Å². The standard InChI is InChI=1S/C12H10BrF3N4O2/c13-7-4(1-2-21)5-3-6(10(18)22)9(17)20-11(5)19-8(7)12(14,15)16/h3,21H,1-2H2,(H2,18,22)(H2,17,19,20). The second-order valence-corrected chi connectivity index (χ2v) is 5.17. The van der Waals surface area contributed by atoms with E-state index in [1.54, 1.807) is 0 Å². The largest absolute Gasteiger partial charge is 0.434 e. The highest BCUT2D eigenvalue weighted by Crippen LogP contribution is 2.38. The predicted octanol–water partition coefficient (Wildman–Crippen LogP) is 1.63. The third kappa shape index (κ3) is 2.83. The number of primary amides is 1. The highest BCUT2D eigenvalue weighted by atomic mass is 79.9. The van der Waals surface area contributed by atoms with Gasteiger partial charge >= 0.3 is 6.18 Å². The van der Waals surface area contributed by atoms with E-state index in [-0.39, 0.29) is 38.9 Å². The number of fused-ring (bicyclic) bond motifs is 1. The van der Waals surface area contributed by atoms with Gasteiger partial charge in [0.2, 0.25) is 0 Å². The Kier molecular flexibility index (Phi) is 4.25. The van der Waals surface area contributed by atoms with Gasteiger partial charge in [0, 0.05) is 12.0 Å². The Balaban J connectivity index is 2.90. The lowest BCUT2D eigenvalue weighted by Crippen LogP contribution is -2.16. The Morgan fingerprint density at radius 3 is 2.50 bits per heavy atom. The molecule has 0 aromatic carbocycles. The number of hydrogen-bond donors (Lipinski definition) is 3. The quantitative estimate of drug-likeness (QED) is 0.750. The van der Waals surface area contributed by atoms with Crippen LogP contribution in [0.5, 0.6) is 0 Å². The average molecular weight is 379 g/mol. The summed E-state index contributed by atoms with van der Waals surface area (Å²) in [7, 11) is 0. The van der Waals surface area contributed by atoms with E-state index in [4.69, 9.17) is 16.6 Å². The molecule has 0 spiro atoms. The van der Waals surface area contributed by atoms with Crippen LogP contribution in [0.25, 0.3) is 11.0 Å². The van der Waals surface area contributed by atoms with Crippen molar-refractivity contribution in [2.75, 3.05) is 12.3 Å². The topological polar surface area (TPSA) is 115 Å². The van der Waals surface area contributed by atoms with Crippen LogP contribution in [-0.4, -0.2) is 27.6 Å². The van der Waals surface area contributed by atoms with Crippen molar-refractivity contribution < 1.29 is 23.1 Å². The smallest absolute Gasteiger partial charge is 0.396 e. The molecule has 5 N–H and O–H groups in total. The minimum Gasteiger partial charge on any atom is -0.396 e. The fraction of sp³-hybridized carbons (Fsp3) is 0.250. The van der Waals surface area contributed by atoms with Crippen LogP contribution in [0.2, 0.25) is 0 Å². The minimum atomic E-state index is -4.71. The van der Waals surface area contributed by atoms with E-state index in [2.05, 4.69) is 25.9 Å². The molecule has 10 heteroatoms. The summed E-state index contributed by atoms with van der Waals surface area (Å²) in [4.78, 5) is 18.5. The summed E-state index contributed by atoms with van der Waals surface area (Å²) >= 11 is 2.85. The number of anilines is 1. The molecule has 2 heterocycles. The number of halogens is 4. The maximum Gasteiger partial charge on any atom is 0.434 e. The van der Waals surface area contributed by atoms with Gasteiger partial charge in [-0.05, 0) is 34.0 Å². The number of aliphatic hydroxyl groups is 1. The van der Waals surface area contributed by atoms with E-state index < -0.39 is 24.4 Å². The summed E-state index contributed by atoms with van der Waals surface area (Å²) in [5, 5.41) is 9.23. The maximum atomic E-state index is 13.0. The predicted molar refractivity (Wildman–Crippen MR) is 76.0 cm³/mol. The number of aliphatic hydroxyl groups excluding tert-OH is 1. The number of aromatic nitrogens is 2. The first kappa shape index (κ1) is 16.4. The molecule has 0 atom stereocenters. The number of alkyl halides is 3. The lowest BCUT2D eigenvalue weighted by atomic mass is 10.0. The summed E-state index contributed by atoms with van der Waals surface area (Å²) < 4.78 is 38.7. The lowest BCUT2D eigenvalue weighted by Gasteiger charge is -2.15. The fourth-order valence-corrected chi connectivity index (χ4v) is 2.71. The zero-order valence-electron chi connectivity index (χ0n) is 10.9. The third-order valence-electron chi connectivity index (χ3n) is 2.94. The van der Waals surface area contributed by atoms with Gasteiger partial charge in [-0.1, -0.05) is 0 Å². The third-order valence-corrected chi connectivity index (χ3v) is 3.80. The number of nitrogen functional groups attached to an aromatic ring is 1. The number of carbonyl (C=O) groups excluding carboxylic acids is 1. The maximum absolute atomic E-state index is 13.0. The molecule has 0 aliphatic carbocycles. The Morgan fingerprint density at radius 2 is 2.00 bits per heavy atom. The monoisotopic (exact) mass is 378 g/mol. The first-order valence-corrected chi connectivity index (χ1v) is 6.72. The number of amides is 1. The first-order chi connectivity index (χ1) is 10.2. The molecule has 1 amide bonds. The van der Waals surface area contributed by atoms with Gasteiger partial charge in [0.1, 0.15) is 5.82 Å². The molecule has 0 bridgehead atoms. The van der Waals surface area contributed by atoms with E-state index in [9.17, 15) is 18.0 Å². The molecule has 0 saturated carbocycles. The van der Waals surface area contributed by atoms with Crippen molar-refractivity contribution in [2.45, 2.75) is 12.6 Å². The van der Waals surface area contributed by atoms with Crippen molar-refractivity contribution in [3.05, 3.63) is 27.4 Å². The second kappa shape index (κ2) is 5.69. The van der Waals surface area contributed by atoms with Gasteiger partial charge < -0.3 is 16.6 Å². The van der Waals surface area contributed by atoms with Crippen LogP contribution in [0, 0.1) is 0 Å². The van der Waals surface area contributed by atoms with Gasteiger partial charge in [0.05, 0.1) is 10.0 Å². The van der Waals surface area contributed by atoms with Gasteiger partial charge in [-0.15, -0.1) is 0 Å². The summed E-state index contributed by atoms with van der Waals surface area (Å²) in [6, 6.07) is 1.23. The second-order valence-electron chi connectivity index (χ2n) is 4.38. The number of nitrogens with two attached hydrogens (primary N) is 2.